The lowest BCUT2D eigenvalue weighted by Crippen LogP contribution is -2.04. The molecule has 19 heavy (non-hydrogen) atoms. The van der Waals surface area contributed by atoms with Crippen LogP contribution in [0.3, 0.4) is 0 Å². The maximum Gasteiger partial charge on any atom is 0.161 e. The largest absolute Gasteiger partial charge is 0.342 e. The van der Waals surface area contributed by atoms with E-state index in [1.807, 2.05) is 0 Å². The normalized spacial score (nSPS) is 18.4. The highest BCUT2D eigenvalue weighted by atomic mass is 19.2. The molecule has 1 N–H and O–H groups in total. The molecule has 4 heteroatoms. The van der Waals surface area contributed by atoms with Crippen LogP contribution in [0.4, 0.5) is 8.78 Å². The number of aromatic nitrogens is 2. The lowest BCUT2D eigenvalue weighted by Gasteiger charge is -2.17. The average Bonchev–Trinajstić information content (AvgIpc) is 2.72. The molecule has 1 saturated carbocycles. The van der Waals surface area contributed by atoms with Gasteiger partial charge in [-0.15, -0.1) is 0 Å². The Morgan fingerprint density at radius 2 is 1.58 bits per heavy atom. The summed E-state index contributed by atoms with van der Waals surface area (Å²) in [6, 6.07) is 2.37. The minimum absolute atomic E-state index is 0.402. The highest BCUT2D eigenvalue weighted by molar-refractivity contribution is 5.75. The molecular formula is C15H18F2N2. The summed E-state index contributed by atoms with van der Waals surface area (Å²) in [6.45, 7) is 0. The van der Waals surface area contributed by atoms with Gasteiger partial charge in [-0.2, -0.15) is 0 Å². The SMILES string of the molecule is Fc1cc2nc(C3CCCCCCC3)[nH]c2cc1F. The average molecular weight is 264 g/mol. The number of imidazole rings is 1. The van der Waals surface area contributed by atoms with Gasteiger partial charge in [0, 0.05) is 18.1 Å². The van der Waals surface area contributed by atoms with Gasteiger partial charge in [-0.25, -0.2) is 13.8 Å². The lowest BCUT2D eigenvalue weighted by atomic mass is 9.91. The number of nitrogens with zero attached hydrogens (tertiary/aromatic N) is 1. The molecule has 1 aliphatic carbocycles. The fourth-order valence-corrected chi connectivity index (χ4v) is 2.95. The second-order valence-electron chi connectivity index (χ2n) is 5.45. The zero-order valence-electron chi connectivity index (χ0n) is 10.9. The Morgan fingerprint density at radius 1 is 0.947 bits per heavy atom. The number of benzene rings is 1. The van der Waals surface area contributed by atoms with Crippen LogP contribution in [0.5, 0.6) is 0 Å². The third-order valence-electron chi connectivity index (χ3n) is 4.03. The van der Waals surface area contributed by atoms with Gasteiger partial charge in [-0.3, -0.25) is 0 Å². The molecule has 1 aromatic carbocycles. The number of rotatable bonds is 1. The van der Waals surface area contributed by atoms with E-state index in [1.165, 1.54) is 44.2 Å². The Bertz CT molecular complexity index is 530. The van der Waals surface area contributed by atoms with Crippen LogP contribution >= 0.6 is 0 Å². The summed E-state index contributed by atoms with van der Waals surface area (Å²) in [5, 5.41) is 0. The first-order valence-corrected chi connectivity index (χ1v) is 7.09. The molecule has 102 valence electrons. The molecule has 1 aromatic heterocycles. The number of hydrogen-bond acceptors (Lipinski definition) is 1. The maximum absolute atomic E-state index is 13.2. The molecule has 0 bridgehead atoms. The Labute approximate surface area is 111 Å². The second kappa shape index (κ2) is 5.27. The van der Waals surface area contributed by atoms with Gasteiger partial charge in [0.1, 0.15) is 5.82 Å². The van der Waals surface area contributed by atoms with Crippen LogP contribution in [0.2, 0.25) is 0 Å². The molecule has 1 aliphatic rings. The van der Waals surface area contributed by atoms with Crippen LogP contribution < -0.4 is 0 Å². The van der Waals surface area contributed by atoms with E-state index in [9.17, 15) is 8.78 Å². The van der Waals surface area contributed by atoms with Gasteiger partial charge in [0.25, 0.3) is 0 Å². The number of H-pyrrole nitrogens is 1. The van der Waals surface area contributed by atoms with Crippen molar-refractivity contribution in [2.75, 3.05) is 0 Å². The number of hydrogen-bond donors (Lipinski definition) is 1. The van der Waals surface area contributed by atoms with Crippen LogP contribution in [0.15, 0.2) is 12.1 Å². The van der Waals surface area contributed by atoms with E-state index in [0.29, 0.717) is 17.0 Å². The van der Waals surface area contributed by atoms with Gasteiger partial charge < -0.3 is 4.98 Å². The quantitative estimate of drug-likeness (QED) is 0.796. The van der Waals surface area contributed by atoms with E-state index in [-0.39, 0.29) is 0 Å². The van der Waals surface area contributed by atoms with E-state index < -0.39 is 11.6 Å². The van der Waals surface area contributed by atoms with Crippen LogP contribution in [-0.2, 0) is 0 Å². The topological polar surface area (TPSA) is 28.7 Å². The van der Waals surface area contributed by atoms with Crippen LogP contribution in [0.25, 0.3) is 11.0 Å². The number of fused-ring (bicyclic) bond motifs is 1. The van der Waals surface area contributed by atoms with E-state index in [0.717, 1.165) is 18.7 Å². The molecule has 0 radical (unpaired) electrons. The predicted octanol–water partition coefficient (Wildman–Crippen LogP) is 4.67. The van der Waals surface area contributed by atoms with Gasteiger partial charge in [0.05, 0.1) is 11.0 Å². The summed E-state index contributed by atoms with van der Waals surface area (Å²) in [7, 11) is 0. The first-order chi connectivity index (χ1) is 9.24. The smallest absolute Gasteiger partial charge is 0.161 e. The minimum atomic E-state index is -0.830. The van der Waals surface area contributed by atoms with Crippen molar-refractivity contribution < 1.29 is 8.78 Å². The van der Waals surface area contributed by atoms with E-state index >= 15 is 0 Å². The molecular weight excluding hydrogens is 246 g/mol. The van der Waals surface area contributed by atoms with E-state index in [1.54, 1.807) is 0 Å². The first-order valence-electron chi connectivity index (χ1n) is 7.09. The molecule has 1 heterocycles. The van der Waals surface area contributed by atoms with Crippen LogP contribution in [-0.4, -0.2) is 9.97 Å². The van der Waals surface area contributed by atoms with Crippen LogP contribution in [0.1, 0.15) is 56.7 Å². The van der Waals surface area contributed by atoms with Gasteiger partial charge in [0.15, 0.2) is 11.6 Å². The third kappa shape index (κ3) is 2.62. The third-order valence-corrected chi connectivity index (χ3v) is 4.03. The molecule has 0 spiro atoms. The number of aromatic amines is 1. The molecule has 1 fully saturated rings. The zero-order valence-corrected chi connectivity index (χ0v) is 10.9. The van der Waals surface area contributed by atoms with Crippen molar-refractivity contribution in [2.24, 2.45) is 0 Å². The summed E-state index contributed by atoms with van der Waals surface area (Å²) < 4.78 is 26.4. The first kappa shape index (κ1) is 12.6. The van der Waals surface area contributed by atoms with Crippen molar-refractivity contribution in [3.63, 3.8) is 0 Å². The Balaban J connectivity index is 1.91. The molecule has 0 aliphatic heterocycles. The zero-order chi connectivity index (χ0) is 13.2. The summed E-state index contributed by atoms with van der Waals surface area (Å²) >= 11 is 0. The Morgan fingerprint density at radius 3 is 2.32 bits per heavy atom. The molecule has 2 nitrogen and oxygen atoms in total. The number of halogens is 2. The molecule has 0 atom stereocenters. The van der Waals surface area contributed by atoms with Crippen molar-refractivity contribution in [3.8, 4) is 0 Å². The van der Waals surface area contributed by atoms with Crippen molar-refractivity contribution >= 4 is 11.0 Å². The summed E-state index contributed by atoms with van der Waals surface area (Å²) in [6.07, 6.45) is 8.54. The molecule has 2 aromatic rings. The standard InChI is InChI=1S/C15H18F2N2/c16-11-8-13-14(9-12(11)17)19-15(18-13)10-6-4-2-1-3-5-7-10/h8-10H,1-7H2,(H,18,19). The molecule has 0 saturated heterocycles. The minimum Gasteiger partial charge on any atom is -0.342 e. The predicted molar refractivity (Wildman–Crippen MR) is 71.1 cm³/mol. The fourth-order valence-electron chi connectivity index (χ4n) is 2.95. The molecule has 3 rings (SSSR count). The van der Waals surface area contributed by atoms with Crippen molar-refractivity contribution in [1.29, 1.82) is 0 Å². The fraction of sp³-hybridized carbons (Fsp3) is 0.533. The van der Waals surface area contributed by atoms with Gasteiger partial charge >= 0.3 is 0 Å². The summed E-state index contributed by atoms with van der Waals surface area (Å²) in [5.41, 5.74) is 1.12. The molecule has 0 unspecified atom stereocenters. The van der Waals surface area contributed by atoms with Crippen molar-refractivity contribution in [1.82, 2.24) is 9.97 Å². The van der Waals surface area contributed by atoms with Crippen LogP contribution in [0, 0.1) is 11.6 Å². The highest BCUT2D eigenvalue weighted by Crippen LogP contribution is 2.30. The van der Waals surface area contributed by atoms with Gasteiger partial charge in [-0.05, 0) is 12.8 Å². The second-order valence-corrected chi connectivity index (χ2v) is 5.45. The Hall–Kier alpha value is -1.45. The van der Waals surface area contributed by atoms with E-state index in [4.69, 9.17) is 0 Å². The maximum atomic E-state index is 13.2. The Kier molecular flexibility index (Phi) is 3.49. The summed E-state index contributed by atoms with van der Waals surface area (Å²) in [4.78, 5) is 7.61. The van der Waals surface area contributed by atoms with E-state index in [2.05, 4.69) is 9.97 Å². The van der Waals surface area contributed by atoms with Gasteiger partial charge in [0.2, 0.25) is 0 Å². The van der Waals surface area contributed by atoms with Gasteiger partial charge in [-0.1, -0.05) is 32.1 Å². The molecule has 0 amide bonds. The lowest BCUT2D eigenvalue weighted by molar-refractivity contribution is 0.445. The monoisotopic (exact) mass is 264 g/mol. The number of nitrogens with one attached hydrogen (secondary N) is 1. The summed E-state index contributed by atoms with van der Waals surface area (Å²) in [5.74, 6) is -0.357. The van der Waals surface area contributed by atoms with Crippen molar-refractivity contribution in [3.05, 3.63) is 29.6 Å². The highest BCUT2D eigenvalue weighted by Gasteiger charge is 2.18. The van der Waals surface area contributed by atoms with Crippen molar-refractivity contribution in [2.45, 2.75) is 50.9 Å².